The fourth-order valence-corrected chi connectivity index (χ4v) is 2.74. The monoisotopic (exact) mass is 241 g/mol. The van der Waals surface area contributed by atoms with E-state index in [1.165, 1.54) is 17.8 Å². The van der Waals surface area contributed by atoms with Gasteiger partial charge in [-0.1, -0.05) is 13.8 Å². The van der Waals surface area contributed by atoms with Gasteiger partial charge in [-0.2, -0.15) is 0 Å². The maximum absolute atomic E-state index is 11.7. The molecule has 1 N–H and O–H groups in total. The third-order valence-electron chi connectivity index (χ3n) is 3.04. The number of nitrogens with one attached hydrogen (secondary N) is 1. The van der Waals surface area contributed by atoms with Gasteiger partial charge in [-0.15, -0.1) is 24.0 Å². The number of amides is 1. The van der Waals surface area contributed by atoms with E-state index in [1.807, 2.05) is 5.38 Å². The Kier molecular flexibility index (Phi) is 2.81. The van der Waals surface area contributed by atoms with Crippen LogP contribution >= 0.6 is 24.0 Å². The van der Waals surface area contributed by atoms with Gasteiger partial charge in [0.15, 0.2) is 0 Å². The van der Waals surface area contributed by atoms with Gasteiger partial charge in [-0.25, -0.2) is 0 Å². The topological polar surface area (TPSA) is 29.1 Å². The standard InChI is InChI=1S/C11H15NOS2/c1-11(2)4-7(11)5-12-10(13)9-3-8(14)6-15-9/h3,6-7,14H,4-5H2,1-2H3,(H,12,13). The van der Waals surface area contributed by atoms with Crippen LogP contribution in [0.3, 0.4) is 0 Å². The largest absolute Gasteiger partial charge is 0.351 e. The van der Waals surface area contributed by atoms with Crippen LogP contribution in [0.4, 0.5) is 0 Å². The molecule has 1 amide bonds. The number of hydrogen-bond acceptors (Lipinski definition) is 3. The lowest BCUT2D eigenvalue weighted by molar-refractivity contribution is 0.0954. The summed E-state index contributed by atoms with van der Waals surface area (Å²) in [4.78, 5) is 13.3. The van der Waals surface area contributed by atoms with Crippen molar-refractivity contribution in [1.29, 1.82) is 0 Å². The molecule has 2 rings (SSSR count). The van der Waals surface area contributed by atoms with Crippen LogP contribution in [0.25, 0.3) is 0 Å². The molecule has 2 nitrogen and oxygen atoms in total. The van der Waals surface area contributed by atoms with E-state index in [4.69, 9.17) is 0 Å². The van der Waals surface area contributed by atoms with Crippen molar-refractivity contribution < 1.29 is 4.79 Å². The number of hydrogen-bond donors (Lipinski definition) is 2. The van der Waals surface area contributed by atoms with Gasteiger partial charge in [0.1, 0.15) is 0 Å². The van der Waals surface area contributed by atoms with Crippen molar-refractivity contribution in [2.75, 3.05) is 6.54 Å². The molecule has 82 valence electrons. The van der Waals surface area contributed by atoms with Crippen LogP contribution in [-0.2, 0) is 0 Å². The molecular formula is C11H15NOS2. The summed E-state index contributed by atoms with van der Waals surface area (Å²) in [5.41, 5.74) is 0.428. The Balaban J connectivity index is 1.83. The van der Waals surface area contributed by atoms with E-state index in [0.717, 1.165) is 16.3 Å². The molecule has 0 aromatic carbocycles. The lowest BCUT2D eigenvalue weighted by atomic mass is 10.1. The molecule has 1 aliphatic carbocycles. The maximum Gasteiger partial charge on any atom is 0.261 e. The molecule has 0 bridgehead atoms. The van der Waals surface area contributed by atoms with Crippen molar-refractivity contribution >= 4 is 29.9 Å². The number of carbonyl (C=O) groups excluding carboxylic acids is 1. The van der Waals surface area contributed by atoms with E-state index in [2.05, 4.69) is 31.8 Å². The second kappa shape index (κ2) is 3.83. The minimum atomic E-state index is 0.0306. The number of thiophene rings is 1. The van der Waals surface area contributed by atoms with Crippen LogP contribution in [0.5, 0.6) is 0 Å². The maximum atomic E-state index is 11.7. The molecule has 0 spiro atoms. The molecule has 1 aromatic heterocycles. The smallest absolute Gasteiger partial charge is 0.261 e. The van der Waals surface area contributed by atoms with Crippen LogP contribution in [-0.4, -0.2) is 12.5 Å². The Morgan fingerprint density at radius 1 is 1.73 bits per heavy atom. The van der Waals surface area contributed by atoms with Gasteiger partial charge >= 0.3 is 0 Å². The number of carbonyl (C=O) groups is 1. The van der Waals surface area contributed by atoms with Crippen LogP contribution in [0.15, 0.2) is 16.3 Å². The Morgan fingerprint density at radius 2 is 2.40 bits per heavy atom. The number of thiol groups is 1. The normalized spacial score (nSPS) is 22.5. The summed E-state index contributed by atoms with van der Waals surface area (Å²) in [7, 11) is 0. The molecule has 1 unspecified atom stereocenters. The molecule has 15 heavy (non-hydrogen) atoms. The summed E-state index contributed by atoms with van der Waals surface area (Å²) in [5.74, 6) is 0.680. The van der Waals surface area contributed by atoms with Gasteiger partial charge in [0.2, 0.25) is 0 Å². The van der Waals surface area contributed by atoms with Crippen LogP contribution < -0.4 is 5.32 Å². The summed E-state index contributed by atoms with van der Waals surface area (Å²) in [5, 5.41) is 4.84. The molecule has 4 heteroatoms. The van der Waals surface area contributed by atoms with Gasteiger partial charge in [0, 0.05) is 16.8 Å². The van der Waals surface area contributed by atoms with Gasteiger partial charge < -0.3 is 5.32 Å². The fourth-order valence-electron chi connectivity index (χ4n) is 1.67. The molecule has 0 saturated heterocycles. The molecule has 1 aromatic rings. The van der Waals surface area contributed by atoms with Gasteiger partial charge in [0.05, 0.1) is 4.88 Å². The Hall–Kier alpha value is -0.480. The van der Waals surface area contributed by atoms with Crippen molar-refractivity contribution in [3.8, 4) is 0 Å². The highest BCUT2D eigenvalue weighted by Crippen LogP contribution is 2.50. The zero-order valence-corrected chi connectivity index (χ0v) is 10.6. The highest BCUT2D eigenvalue weighted by molar-refractivity contribution is 7.80. The molecule has 1 fully saturated rings. The molecule has 1 saturated carbocycles. The van der Waals surface area contributed by atoms with E-state index >= 15 is 0 Å². The van der Waals surface area contributed by atoms with Crippen LogP contribution in [0, 0.1) is 11.3 Å². The molecule has 0 radical (unpaired) electrons. The summed E-state index contributed by atoms with van der Waals surface area (Å²) in [6.07, 6.45) is 1.22. The summed E-state index contributed by atoms with van der Waals surface area (Å²) in [6.45, 7) is 5.27. The zero-order valence-electron chi connectivity index (χ0n) is 8.91. The van der Waals surface area contributed by atoms with Crippen LogP contribution in [0.2, 0.25) is 0 Å². The highest BCUT2D eigenvalue weighted by Gasteiger charge is 2.45. The first-order valence-electron chi connectivity index (χ1n) is 5.05. The Bertz CT molecular complexity index is 384. The minimum absolute atomic E-state index is 0.0306. The molecule has 1 atom stereocenters. The van der Waals surface area contributed by atoms with Gasteiger partial charge in [0.25, 0.3) is 5.91 Å². The fraction of sp³-hybridized carbons (Fsp3) is 0.545. The predicted molar refractivity (Wildman–Crippen MR) is 65.8 cm³/mol. The van der Waals surface area contributed by atoms with E-state index in [1.54, 1.807) is 6.07 Å². The molecular weight excluding hydrogens is 226 g/mol. The van der Waals surface area contributed by atoms with Crippen molar-refractivity contribution in [3.05, 3.63) is 16.3 Å². The minimum Gasteiger partial charge on any atom is -0.351 e. The lowest BCUT2D eigenvalue weighted by Crippen LogP contribution is -2.25. The SMILES string of the molecule is CC1(C)CC1CNC(=O)c1cc(S)cs1. The van der Waals surface area contributed by atoms with Crippen molar-refractivity contribution in [3.63, 3.8) is 0 Å². The van der Waals surface area contributed by atoms with E-state index in [9.17, 15) is 4.79 Å². The van der Waals surface area contributed by atoms with Gasteiger partial charge in [-0.3, -0.25) is 4.79 Å². The second-order valence-corrected chi connectivity index (χ2v) is 6.20. The summed E-state index contributed by atoms with van der Waals surface area (Å²) < 4.78 is 0. The second-order valence-electron chi connectivity index (χ2n) is 4.77. The quantitative estimate of drug-likeness (QED) is 0.783. The average molecular weight is 241 g/mol. The van der Waals surface area contributed by atoms with E-state index < -0.39 is 0 Å². The first kappa shape index (κ1) is 11.0. The van der Waals surface area contributed by atoms with Crippen molar-refractivity contribution in [2.24, 2.45) is 11.3 Å². The first-order chi connectivity index (χ1) is 6.99. The highest BCUT2D eigenvalue weighted by atomic mass is 32.1. The zero-order chi connectivity index (χ0) is 11.1. The molecule has 0 aliphatic heterocycles. The van der Waals surface area contributed by atoms with Crippen molar-refractivity contribution in [1.82, 2.24) is 5.32 Å². The summed E-state index contributed by atoms with van der Waals surface area (Å²) >= 11 is 5.62. The predicted octanol–water partition coefficient (Wildman–Crippen LogP) is 2.81. The molecule has 1 heterocycles. The Labute approximate surface area is 99.5 Å². The number of rotatable bonds is 3. The third kappa shape index (κ3) is 2.55. The third-order valence-corrected chi connectivity index (χ3v) is 4.40. The summed E-state index contributed by atoms with van der Waals surface area (Å²) in [6, 6.07) is 1.81. The first-order valence-corrected chi connectivity index (χ1v) is 6.37. The van der Waals surface area contributed by atoms with Crippen LogP contribution in [0.1, 0.15) is 29.9 Å². The van der Waals surface area contributed by atoms with Gasteiger partial charge in [-0.05, 0) is 23.8 Å². The molecule has 1 aliphatic rings. The van der Waals surface area contributed by atoms with E-state index in [0.29, 0.717) is 11.3 Å². The van der Waals surface area contributed by atoms with Crippen molar-refractivity contribution in [2.45, 2.75) is 25.2 Å². The lowest BCUT2D eigenvalue weighted by Gasteiger charge is -2.04. The average Bonchev–Trinajstić information content (AvgIpc) is 2.59. The Morgan fingerprint density at radius 3 is 2.87 bits per heavy atom. The van der Waals surface area contributed by atoms with E-state index in [-0.39, 0.29) is 5.91 Å².